The number of aryl methyl sites for hydroxylation is 1. The second kappa shape index (κ2) is 5.90. The summed E-state index contributed by atoms with van der Waals surface area (Å²) in [6.07, 6.45) is 5.18. The largest absolute Gasteiger partial charge is 0.344 e. The van der Waals surface area contributed by atoms with E-state index in [2.05, 4.69) is 59.0 Å². The molecule has 1 aromatic carbocycles. The highest BCUT2D eigenvalue weighted by atomic mass is 16.7. The molecule has 2 atom stereocenters. The van der Waals surface area contributed by atoms with Crippen LogP contribution in [0.5, 0.6) is 0 Å². The van der Waals surface area contributed by atoms with Crippen molar-refractivity contribution < 1.29 is 4.84 Å². The third-order valence-electron chi connectivity index (χ3n) is 4.92. The predicted octanol–water partition coefficient (Wildman–Crippen LogP) is 4.09. The van der Waals surface area contributed by atoms with Crippen LogP contribution in [0.1, 0.15) is 49.2 Å². The van der Waals surface area contributed by atoms with E-state index in [4.69, 9.17) is 4.84 Å². The molecule has 4 rings (SSSR count). The van der Waals surface area contributed by atoms with E-state index in [0.717, 1.165) is 19.5 Å². The lowest BCUT2D eigenvalue weighted by Gasteiger charge is -2.24. The van der Waals surface area contributed by atoms with Crippen LogP contribution in [-0.4, -0.2) is 15.7 Å². The Bertz CT molecular complexity index is 634. The Kier molecular flexibility index (Phi) is 3.77. The van der Waals surface area contributed by atoms with E-state index in [1.807, 2.05) is 0 Å². The van der Waals surface area contributed by atoms with Crippen LogP contribution in [-0.2, 0) is 24.3 Å². The highest BCUT2D eigenvalue weighted by molar-refractivity contribution is 5.24. The zero-order valence-electron chi connectivity index (χ0n) is 13.2. The molecule has 1 aromatic heterocycles. The molecule has 116 valence electrons. The fourth-order valence-electron chi connectivity index (χ4n) is 3.78. The molecule has 2 aliphatic heterocycles. The number of hydrogen-bond donors (Lipinski definition) is 0. The van der Waals surface area contributed by atoms with Crippen LogP contribution in [0.15, 0.2) is 42.5 Å². The second-order valence-corrected chi connectivity index (χ2v) is 6.50. The van der Waals surface area contributed by atoms with E-state index in [1.165, 1.54) is 36.2 Å². The van der Waals surface area contributed by atoms with Crippen molar-refractivity contribution in [3.63, 3.8) is 0 Å². The van der Waals surface area contributed by atoms with Gasteiger partial charge in [-0.2, -0.15) is 5.06 Å². The molecule has 2 aliphatic rings. The van der Waals surface area contributed by atoms with Crippen LogP contribution < -0.4 is 0 Å². The number of unbranched alkanes of at least 4 members (excludes halogenated alkanes) is 1. The van der Waals surface area contributed by atoms with E-state index < -0.39 is 0 Å². The number of aromatic nitrogens is 1. The second-order valence-electron chi connectivity index (χ2n) is 6.50. The molecule has 0 unspecified atom stereocenters. The van der Waals surface area contributed by atoms with Gasteiger partial charge in [-0.1, -0.05) is 43.7 Å². The molecule has 0 aliphatic carbocycles. The summed E-state index contributed by atoms with van der Waals surface area (Å²) in [6, 6.07) is 15.7. The summed E-state index contributed by atoms with van der Waals surface area (Å²) in [4.78, 5) is 6.20. The molecule has 1 fully saturated rings. The van der Waals surface area contributed by atoms with Crippen molar-refractivity contribution in [1.29, 1.82) is 0 Å². The summed E-state index contributed by atoms with van der Waals surface area (Å²) in [5.74, 6) is 0. The molecule has 2 aromatic rings. The van der Waals surface area contributed by atoms with E-state index >= 15 is 0 Å². The van der Waals surface area contributed by atoms with Crippen molar-refractivity contribution in [3.8, 4) is 0 Å². The third-order valence-corrected chi connectivity index (χ3v) is 4.92. The number of fused-ring (bicyclic) bond motifs is 4. The minimum absolute atomic E-state index is 0.342. The smallest absolute Gasteiger partial charge is 0.0991 e. The van der Waals surface area contributed by atoms with Gasteiger partial charge >= 0.3 is 0 Å². The van der Waals surface area contributed by atoms with Crippen molar-refractivity contribution in [1.82, 2.24) is 9.63 Å². The van der Waals surface area contributed by atoms with E-state index in [0.29, 0.717) is 12.1 Å². The molecule has 0 spiro atoms. The fraction of sp³-hybridized carbons (Fsp3) is 0.474. The van der Waals surface area contributed by atoms with Crippen molar-refractivity contribution in [2.75, 3.05) is 0 Å². The first-order valence-corrected chi connectivity index (χ1v) is 8.51. The Morgan fingerprint density at radius 3 is 2.82 bits per heavy atom. The van der Waals surface area contributed by atoms with Crippen LogP contribution in [0.25, 0.3) is 0 Å². The first-order valence-electron chi connectivity index (χ1n) is 8.51. The summed E-state index contributed by atoms with van der Waals surface area (Å²) in [5, 5.41) is 2.20. The lowest BCUT2D eigenvalue weighted by molar-refractivity contribution is -0.167. The molecule has 3 heteroatoms. The molecule has 0 N–H and O–H groups in total. The maximum atomic E-state index is 6.20. The molecule has 0 amide bonds. The van der Waals surface area contributed by atoms with Gasteiger partial charge in [-0.15, -0.1) is 0 Å². The molecule has 0 radical (unpaired) electrons. The van der Waals surface area contributed by atoms with Crippen LogP contribution in [0.2, 0.25) is 0 Å². The standard InChI is InChI=1S/C19H24N2O/c1-2-3-9-16-10-11-18-19-12-17(14-20(16)18)22-21(19)13-15-7-5-4-6-8-15/h4-8,10-11,17,19H,2-3,9,12-14H2,1H3/t17-,19+/m1/s1. The Labute approximate surface area is 132 Å². The lowest BCUT2D eigenvalue weighted by Crippen LogP contribution is -2.24. The van der Waals surface area contributed by atoms with Crippen LogP contribution >= 0.6 is 0 Å². The summed E-state index contributed by atoms with van der Waals surface area (Å²) >= 11 is 0. The SMILES string of the molecule is CCCCc1ccc2n1C[C@H]1C[C@@H]2N(Cc2ccccc2)O1. The molecular weight excluding hydrogens is 272 g/mol. The maximum absolute atomic E-state index is 6.20. The van der Waals surface area contributed by atoms with Crippen molar-refractivity contribution in [2.45, 2.75) is 57.8 Å². The first-order chi connectivity index (χ1) is 10.8. The van der Waals surface area contributed by atoms with Crippen LogP contribution in [0.3, 0.4) is 0 Å². The minimum atomic E-state index is 0.342. The van der Waals surface area contributed by atoms with Crippen molar-refractivity contribution >= 4 is 0 Å². The topological polar surface area (TPSA) is 17.4 Å². The van der Waals surface area contributed by atoms with Gasteiger partial charge in [0.15, 0.2) is 0 Å². The number of nitrogens with zero attached hydrogens (tertiary/aromatic N) is 2. The van der Waals surface area contributed by atoms with E-state index in [9.17, 15) is 0 Å². The maximum Gasteiger partial charge on any atom is 0.0991 e. The van der Waals surface area contributed by atoms with Gasteiger partial charge in [-0.25, -0.2) is 0 Å². The molecule has 3 heterocycles. The molecule has 2 bridgehead atoms. The molecule has 1 saturated heterocycles. The van der Waals surface area contributed by atoms with Gasteiger partial charge in [0.05, 0.1) is 18.7 Å². The van der Waals surface area contributed by atoms with Crippen molar-refractivity contribution in [3.05, 3.63) is 59.4 Å². The van der Waals surface area contributed by atoms with Gasteiger partial charge in [0.2, 0.25) is 0 Å². The summed E-state index contributed by atoms with van der Waals surface area (Å²) in [7, 11) is 0. The first kappa shape index (κ1) is 14.0. The number of benzene rings is 1. The van der Waals surface area contributed by atoms with Gasteiger partial charge in [0.25, 0.3) is 0 Å². The summed E-state index contributed by atoms with van der Waals surface area (Å²) in [6.45, 7) is 4.15. The Morgan fingerprint density at radius 2 is 2.00 bits per heavy atom. The number of rotatable bonds is 5. The third kappa shape index (κ3) is 2.49. The quantitative estimate of drug-likeness (QED) is 0.827. The van der Waals surface area contributed by atoms with Gasteiger partial charge < -0.3 is 4.57 Å². The zero-order valence-corrected chi connectivity index (χ0v) is 13.2. The normalized spacial score (nSPS) is 23.7. The summed E-state index contributed by atoms with van der Waals surface area (Å²) in [5.41, 5.74) is 4.24. The average Bonchev–Trinajstić information content (AvgIpc) is 3.09. The Balaban J connectivity index is 1.56. The van der Waals surface area contributed by atoms with Crippen LogP contribution in [0, 0.1) is 0 Å². The monoisotopic (exact) mass is 296 g/mol. The Hall–Kier alpha value is -1.58. The summed E-state index contributed by atoms with van der Waals surface area (Å²) < 4.78 is 2.51. The average molecular weight is 296 g/mol. The molecule has 22 heavy (non-hydrogen) atoms. The van der Waals surface area contributed by atoms with Crippen LogP contribution in [0.4, 0.5) is 0 Å². The molecule has 3 nitrogen and oxygen atoms in total. The molecular formula is C19H24N2O. The number of hydrogen-bond acceptors (Lipinski definition) is 2. The lowest BCUT2D eigenvalue weighted by atomic mass is 10.0. The minimum Gasteiger partial charge on any atom is -0.344 e. The van der Waals surface area contributed by atoms with Gasteiger partial charge in [-0.3, -0.25) is 4.84 Å². The molecule has 0 saturated carbocycles. The van der Waals surface area contributed by atoms with Crippen molar-refractivity contribution in [2.24, 2.45) is 0 Å². The highest BCUT2D eigenvalue weighted by Gasteiger charge is 2.40. The van der Waals surface area contributed by atoms with E-state index in [-0.39, 0.29) is 0 Å². The highest BCUT2D eigenvalue weighted by Crippen LogP contribution is 2.41. The van der Waals surface area contributed by atoms with E-state index in [1.54, 1.807) is 0 Å². The van der Waals surface area contributed by atoms with Gasteiger partial charge in [0, 0.05) is 24.4 Å². The predicted molar refractivity (Wildman–Crippen MR) is 87.3 cm³/mol. The Morgan fingerprint density at radius 1 is 1.14 bits per heavy atom. The fourth-order valence-corrected chi connectivity index (χ4v) is 3.78. The van der Waals surface area contributed by atoms with Gasteiger partial charge in [-0.05, 0) is 30.5 Å². The number of hydroxylamine groups is 2. The zero-order chi connectivity index (χ0) is 14.9. The van der Waals surface area contributed by atoms with Gasteiger partial charge in [0.1, 0.15) is 0 Å².